The Hall–Kier alpha value is -0.910. The van der Waals surface area contributed by atoms with E-state index in [1.807, 2.05) is 0 Å². The number of hydrogen-bond acceptors (Lipinski definition) is 8. The summed E-state index contributed by atoms with van der Waals surface area (Å²) in [6.45, 7) is 5.94. The van der Waals surface area contributed by atoms with Gasteiger partial charge in [0, 0.05) is 0 Å². The van der Waals surface area contributed by atoms with Gasteiger partial charge in [-0.15, -0.1) is 13.2 Å². The molecule has 0 aromatic carbocycles. The first-order chi connectivity index (χ1) is 9.12. The summed E-state index contributed by atoms with van der Waals surface area (Å²) < 4.78 is 93.6. The lowest BCUT2D eigenvalue weighted by Crippen LogP contribution is -2.02. The molecule has 0 radical (unpaired) electrons. The van der Waals surface area contributed by atoms with E-state index in [0.717, 1.165) is 0 Å². The lowest BCUT2D eigenvalue weighted by Gasteiger charge is -1.90. The fourth-order valence-corrected chi connectivity index (χ4v) is 0.805. The van der Waals surface area contributed by atoms with Gasteiger partial charge in [0.05, 0.1) is 13.2 Å². The zero-order valence-corrected chi connectivity index (χ0v) is 12.7. The van der Waals surface area contributed by atoms with Crippen molar-refractivity contribution in [1.29, 1.82) is 0 Å². The first kappa shape index (κ1) is 25.1. The Bertz CT molecular complexity index is 535. The predicted molar refractivity (Wildman–Crippen MR) is 69.6 cm³/mol. The third-order valence-corrected chi connectivity index (χ3v) is 1.54. The molecule has 0 unspecified atom stereocenters. The highest BCUT2D eigenvalue weighted by molar-refractivity contribution is 7.81. The van der Waals surface area contributed by atoms with Crippen LogP contribution in [-0.2, 0) is 39.6 Å². The second-order valence-electron chi connectivity index (χ2n) is 2.45. The van der Waals surface area contributed by atoms with Gasteiger partial charge in [-0.25, -0.2) is 8.37 Å². The zero-order chi connectivity index (χ0) is 17.7. The van der Waals surface area contributed by atoms with Crippen molar-refractivity contribution in [3.63, 3.8) is 0 Å². The Morgan fingerprint density at radius 1 is 0.714 bits per heavy atom. The fourth-order valence-electron chi connectivity index (χ4n) is 0.268. The molecule has 0 amide bonds. The highest BCUT2D eigenvalue weighted by Crippen LogP contribution is 1.83. The quantitative estimate of drug-likeness (QED) is 0.338. The zero-order valence-electron chi connectivity index (χ0n) is 10.3. The SMILES string of the molecule is C=CCOS(=O)(=O)O.C=CCOS(=O)(=O)O.O=S(=O)(O)O. The average Bonchev–Trinajstić information content (AvgIpc) is 2.20. The molecule has 0 fully saturated rings. The van der Waals surface area contributed by atoms with Crippen molar-refractivity contribution in [2.45, 2.75) is 0 Å². The van der Waals surface area contributed by atoms with Crippen LogP contribution in [0.3, 0.4) is 0 Å². The smallest absolute Gasteiger partial charge is 0.264 e. The van der Waals surface area contributed by atoms with Crippen LogP contribution in [0.25, 0.3) is 0 Å². The Morgan fingerprint density at radius 3 is 0.952 bits per heavy atom. The molecule has 0 bridgehead atoms. The minimum atomic E-state index is -4.67. The molecule has 21 heavy (non-hydrogen) atoms. The van der Waals surface area contributed by atoms with Crippen LogP contribution in [0.5, 0.6) is 0 Å². The van der Waals surface area contributed by atoms with E-state index < -0.39 is 31.2 Å². The van der Waals surface area contributed by atoms with Crippen LogP contribution in [0.4, 0.5) is 0 Å². The van der Waals surface area contributed by atoms with Gasteiger partial charge in [-0.2, -0.15) is 25.3 Å². The molecule has 0 aliphatic carbocycles. The predicted octanol–water partition coefficient (Wildman–Crippen LogP) is -0.669. The summed E-state index contributed by atoms with van der Waals surface area (Å²) in [6.07, 6.45) is 2.43. The lowest BCUT2D eigenvalue weighted by atomic mass is 10.7. The van der Waals surface area contributed by atoms with E-state index in [2.05, 4.69) is 21.5 Å². The maximum absolute atomic E-state index is 9.68. The number of rotatable bonds is 6. The molecular formula is C6H14O12S3. The van der Waals surface area contributed by atoms with Crippen LogP contribution in [0.15, 0.2) is 25.3 Å². The maximum atomic E-state index is 9.68. The van der Waals surface area contributed by atoms with E-state index in [-0.39, 0.29) is 13.2 Å². The van der Waals surface area contributed by atoms with Gasteiger partial charge in [0.15, 0.2) is 0 Å². The molecule has 0 rings (SSSR count). The van der Waals surface area contributed by atoms with Gasteiger partial charge >= 0.3 is 31.2 Å². The second-order valence-corrected chi connectivity index (χ2v) is 5.53. The minimum Gasteiger partial charge on any atom is -0.264 e. The van der Waals surface area contributed by atoms with Crippen molar-refractivity contribution in [3.8, 4) is 0 Å². The summed E-state index contributed by atoms with van der Waals surface area (Å²) in [5.74, 6) is 0. The topological polar surface area (TPSA) is 202 Å². The Balaban J connectivity index is -0.000000239. The lowest BCUT2D eigenvalue weighted by molar-refractivity contribution is 0.295. The number of hydrogen-bond donors (Lipinski definition) is 4. The second kappa shape index (κ2) is 11.7. The molecule has 0 saturated heterocycles. The van der Waals surface area contributed by atoms with E-state index in [1.54, 1.807) is 0 Å². The molecule has 0 spiro atoms. The van der Waals surface area contributed by atoms with Crippen molar-refractivity contribution >= 4 is 31.2 Å². The van der Waals surface area contributed by atoms with Gasteiger partial charge in [0.2, 0.25) is 0 Å². The summed E-state index contributed by atoms with van der Waals surface area (Å²) in [7, 11) is -13.2. The molecule has 0 aliphatic heterocycles. The van der Waals surface area contributed by atoms with Gasteiger partial charge < -0.3 is 0 Å². The van der Waals surface area contributed by atoms with E-state index in [0.29, 0.717) is 0 Å². The van der Waals surface area contributed by atoms with Crippen LogP contribution in [0.1, 0.15) is 0 Å². The van der Waals surface area contributed by atoms with Crippen LogP contribution >= 0.6 is 0 Å². The fraction of sp³-hybridized carbons (Fsp3) is 0.333. The summed E-state index contributed by atoms with van der Waals surface area (Å²) in [6, 6.07) is 0. The Kier molecular flexibility index (Phi) is 14.0. The Labute approximate surface area is 122 Å². The van der Waals surface area contributed by atoms with Crippen molar-refractivity contribution in [2.24, 2.45) is 0 Å². The molecule has 0 atom stereocenters. The Morgan fingerprint density at radius 2 is 0.905 bits per heavy atom. The van der Waals surface area contributed by atoms with Crippen molar-refractivity contribution in [3.05, 3.63) is 25.3 Å². The first-order valence-electron chi connectivity index (χ1n) is 4.27. The summed E-state index contributed by atoms with van der Waals surface area (Å²) in [5.41, 5.74) is 0. The molecule has 0 heterocycles. The van der Waals surface area contributed by atoms with E-state index in [1.165, 1.54) is 12.2 Å². The van der Waals surface area contributed by atoms with Crippen LogP contribution in [0, 0.1) is 0 Å². The molecular weight excluding hydrogens is 360 g/mol. The van der Waals surface area contributed by atoms with Crippen LogP contribution < -0.4 is 0 Å². The van der Waals surface area contributed by atoms with E-state index in [4.69, 9.17) is 26.6 Å². The summed E-state index contributed by atoms with van der Waals surface area (Å²) in [5, 5.41) is 0. The molecule has 12 nitrogen and oxygen atoms in total. The van der Waals surface area contributed by atoms with E-state index >= 15 is 0 Å². The van der Waals surface area contributed by atoms with Gasteiger partial charge in [0.1, 0.15) is 0 Å². The van der Waals surface area contributed by atoms with Gasteiger partial charge in [0.25, 0.3) is 0 Å². The highest BCUT2D eigenvalue weighted by Gasteiger charge is 1.99. The monoisotopic (exact) mass is 374 g/mol. The van der Waals surface area contributed by atoms with Crippen molar-refractivity contribution in [1.82, 2.24) is 0 Å². The van der Waals surface area contributed by atoms with Gasteiger partial charge in [-0.3, -0.25) is 18.2 Å². The van der Waals surface area contributed by atoms with Gasteiger partial charge in [-0.05, 0) is 0 Å². The van der Waals surface area contributed by atoms with Crippen molar-refractivity contribution < 1.29 is 51.8 Å². The largest absolute Gasteiger partial charge is 0.397 e. The average molecular weight is 374 g/mol. The molecule has 0 aromatic rings. The van der Waals surface area contributed by atoms with Gasteiger partial charge in [-0.1, -0.05) is 12.2 Å². The molecule has 4 N–H and O–H groups in total. The molecule has 128 valence electrons. The standard InChI is InChI=1S/2C3H6O4S.H2O4S/c2*1-2-3-7-8(4,5)6;1-5(2,3)4/h2*2H,1,3H2,(H,4,5,6);(H2,1,2,3,4). The summed E-state index contributed by atoms with van der Waals surface area (Å²) >= 11 is 0. The van der Waals surface area contributed by atoms with Crippen LogP contribution in [0.2, 0.25) is 0 Å². The van der Waals surface area contributed by atoms with E-state index in [9.17, 15) is 16.8 Å². The molecule has 0 aromatic heterocycles. The third kappa shape index (κ3) is 67.5. The molecule has 0 saturated carbocycles. The highest BCUT2D eigenvalue weighted by atomic mass is 32.3. The first-order valence-corrected chi connectivity index (χ1v) is 8.40. The van der Waals surface area contributed by atoms with Crippen molar-refractivity contribution in [2.75, 3.05) is 13.2 Å². The minimum absolute atomic E-state index is 0.196. The third-order valence-electron chi connectivity index (χ3n) is 0.670. The molecule has 15 heteroatoms. The summed E-state index contributed by atoms with van der Waals surface area (Å²) in [4.78, 5) is 0. The maximum Gasteiger partial charge on any atom is 0.397 e. The normalized spacial score (nSPS) is 11.2. The molecule has 0 aliphatic rings. The van der Waals surface area contributed by atoms with Crippen LogP contribution in [-0.4, -0.2) is 56.7 Å².